The van der Waals surface area contributed by atoms with Gasteiger partial charge in [0.25, 0.3) is 5.91 Å². The molecule has 3 heterocycles. The summed E-state index contributed by atoms with van der Waals surface area (Å²) in [6.45, 7) is 3.71. The van der Waals surface area contributed by atoms with Crippen LogP contribution < -0.4 is 0 Å². The molecule has 21 heavy (non-hydrogen) atoms. The van der Waals surface area contributed by atoms with Gasteiger partial charge in [0.15, 0.2) is 0 Å². The van der Waals surface area contributed by atoms with Gasteiger partial charge in [-0.1, -0.05) is 18.3 Å². The van der Waals surface area contributed by atoms with Crippen LogP contribution in [0.1, 0.15) is 34.5 Å². The molecule has 1 unspecified atom stereocenters. The van der Waals surface area contributed by atoms with Crippen molar-refractivity contribution in [2.75, 3.05) is 32.8 Å². The standard InChI is InChI=1S/C16H20N2O2S/c19-9-3-5-15-10-13(12-21-15)16(20)18-8-7-17-6-2-1-4-14(17)11-18/h10,12,14,19H,1-2,4,6-9,11H2. The first kappa shape index (κ1) is 14.6. The molecule has 0 aliphatic carbocycles. The lowest BCUT2D eigenvalue weighted by Gasteiger charge is -2.44. The molecule has 3 rings (SSSR count). The van der Waals surface area contributed by atoms with Gasteiger partial charge >= 0.3 is 0 Å². The van der Waals surface area contributed by atoms with Crippen LogP contribution in [-0.4, -0.2) is 59.6 Å². The number of aliphatic hydroxyl groups excluding tert-OH is 1. The van der Waals surface area contributed by atoms with Gasteiger partial charge in [-0.3, -0.25) is 9.69 Å². The summed E-state index contributed by atoms with van der Waals surface area (Å²) in [7, 11) is 0. The molecule has 0 spiro atoms. The highest BCUT2D eigenvalue weighted by Gasteiger charge is 2.31. The van der Waals surface area contributed by atoms with Crippen LogP contribution in [0.4, 0.5) is 0 Å². The van der Waals surface area contributed by atoms with Gasteiger partial charge in [-0.2, -0.15) is 0 Å². The summed E-state index contributed by atoms with van der Waals surface area (Å²) in [6, 6.07) is 2.38. The number of thiophene rings is 1. The average molecular weight is 304 g/mol. The van der Waals surface area contributed by atoms with Crippen LogP contribution in [-0.2, 0) is 0 Å². The smallest absolute Gasteiger partial charge is 0.254 e. The van der Waals surface area contributed by atoms with Gasteiger partial charge in [-0.25, -0.2) is 0 Å². The van der Waals surface area contributed by atoms with Crippen LogP contribution in [0.2, 0.25) is 0 Å². The number of carbonyl (C=O) groups is 1. The van der Waals surface area contributed by atoms with Crippen LogP contribution in [0.25, 0.3) is 0 Å². The Kier molecular flexibility index (Phi) is 4.59. The summed E-state index contributed by atoms with van der Waals surface area (Å²) in [6.07, 6.45) is 3.78. The number of rotatable bonds is 1. The Hall–Kier alpha value is -1.35. The normalized spacial score (nSPS) is 22.3. The highest BCUT2D eigenvalue weighted by Crippen LogP contribution is 2.23. The third-order valence-electron chi connectivity index (χ3n) is 4.26. The van der Waals surface area contributed by atoms with Crippen molar-refractivity contribution in [2.45, 2.75) is 25.3 Å². The number of aliphatic hydroxyl groups is 1. The second kappa shape index (κ2) is 6.61. The summed E-state index contributed by atoms with van der Waals surface area (Å²) < 4.78 is 0. The van der Waals surface area contributed by atoms with Crippen LogP contribution in [0.5, 0.6) is 0 Å². The number of hydrogen-bond acceptors (Lipinski definition) is 4. The van der Waals surface area contributed by atoms with Gasteiger partial charge in [0, 0.05) is 31.1 Å². The van der Waals surface area contributed by atoms with Crippen LogP contribution >= 0.6 is 11.3 Å². The number of nitrogens with zero attached hydrogens (tertiary/aromatic N) is 2. The molecule has 1 aromatic heterocycles. The summed E-state index contributed by atoms with van der Waals surface area (Å²) in [5.41, 5.74) is 0.728. The predicted octanol–water partition coefficient (Wildman–Crippen LogP) is 1.40. The van der Waals surface area contributed by atoms with Crippen molar-refractivity contribution in [1.29, 1.82) is 0 Å². The van der Waals surface area contributed by atoms with E-state index in [0.29, 0.717) is 6.04 Å². The minimum Gasteiger partial charge on any atom is -0.384 e. The van der Waals surface area contributed by atoms with Gasteiger partial charge in [-0.15, -0.1) is 11.3 Å². The van der Waals surface area contributed by atoms with Gasteiger partial charge in [-0.05, 0) is 25.5 Å². The van der Waals surface area contributed by atoms with E-state index < -0.39 is 0 Å². The van der Waals surface area contributed by atoms with E-state index in [9.17, 15) is 4.79 Å². The second-order valence-electron chi connectivity index (χ2n) is 5.60. The Bertz CT molecular complexity index is 572. The molecule has 2 saturated heterocycles. The highest BCUT2D eigenvalue weighted by molar-refractivity contribution is 7.10. The zero-order valence-corrected chi connectivity index (χ0v) is 12.9. The van der Waals surface area contributed by atoms with E-state index >= 15 is 0 Å². The third-order valence-corrected chi connectivity index (χ3v) is 5.11. The summed E-state index contributed by atoms with van der Waals surface area (Å²) in [4.78, 5) is 17.9. The largest absolute Gasteiger partial charge is 0.384 e. The second-order valence-corrected chi connectivity index (χ2v) is 6.51. The van der Waals surface area contributed by atoms with E-state index in [1.165, 1.54) is 37.1 Å². The monoisotopic (exact) mass is 304 g/mol. The average Bonchev–Trinajstić information content (AvgIpc) is 3.00. The Morgan fingerprint density at radius 3 is 3.14 bits per heavy atom. The Morgan fingerprint density at radius 2 is 2.29 bits per heavy atom. The van der Waals surface area contributed by atoms with E-state index in [1.54, 1.807) is 0 Å². The number of piperidine rings is 1. The Morgan fingerprint density at radius 1 is 1.38 bits per heavy atom. The minimum absolute atomic E-state index is 0.119. The Balaban J connectivity index is 1.66. The van der Waals surface area contributed by atoms with E-state index in [1.807, 2.05) is 16.3 Å². The van der Waals surface area contributed by atoms with Gasteiger partial charge in [0.1, 0.15) is 6.61 Å². The lowest BCUT2D eigenvalue weighted by Crippen LogP contribution is -2.56. The zero-order valence-electron chi connectivity index (χ0n) is 12.0. The van der Waals surface area contributed by atoms with Gasteiger partial charge < -0.3 is 10.0 Å². The molecular weight excluding hydrogens is 284 g/mol. The fraction of sp³-hybridized carbons (Fsp3) is 0.562. The fourth-order valence-electron chi connectivity index (χ4n) is 3.16. The van der Waals surface area contributed by atoms with Crippen LogP contribution in [0.3, 0.4) is 0 Å². The molecule has 4 nitrogen and oxygen atoms in total. The molecule has 0 saturated carbocycles. The van der Waals surface area contributed by atoms with Crippen molar-refractivity contribution in [2.24, 2.45) is 0 Å². The molecule has 1 N–H and O–H groups in total. The molecule has 0 aromatic carbocycles. The van der Waals surface area contributed by atoms with Crippen molar-refractivity contribution in [1.82, 2.24) is 9.80 Å². The van der Waals surface area contributed by atoms with E-state index in [0.717, 1.165) is 30.1 Å². The number of carbonyl (C=O) groups excluding carboxylic acids is 1. The minimum atomic E-state index is -0.148. The zero-order chi connectivity index (χ0) is 14.7. The van der Waals surface area contributed by atoms with Crippen LogP contribution in [0.15, 0.2) is 11.4 Å². The maximum absolute atomic E-state index is 12.6. The van der Waals surface area contributed by atoms with Gasteiger partial charge in [0.2, 0.25) is 0 Å². The molecule has 2 fully saturated rings. The maximum atomic E-state index is 12.6. The molecular formula is C16H20N2O2S. The molecule has 2 aliphatic rings. The van der Waals surface area contributed by atoms with Crippen molar-refractivity contribution in [3.8, 4) is 11.8 Å². The molecule has 2 aliphatic heterocycles. The summed E-state index contributed by atoms with van der Waals surface area (Å²) >= 11 is 1.46. The molecule has 0 bridgehead atoms. The number of fused-ring (bicyclic) bond motifs is 1. The molecule has 112 valence electrons. The molecule has 1 atom stereocenters. The topological polar surface area (TPSA) is 43.8 Å². The number of hydrogen-bond donors (Lipinski definition) is 1. The maximum Gasteiger partial charge on any atom is 0.254 e. The van der Waals surface area contributed by atoms with Crippen molar-refractivity contribution in [3.63, 3.8) is 0 Å². The van der Waals surface area contributed by atoms with E-state index in [4.69, 9.17) is 5.11 Å². The summed E-state index contributed by atoms with van der Waals surface area (Å²) in [5, 5.41) is 10.6. The quantitative estimate of drug-likeness (QED) is 0.798. The number of amides is 1. The first-order chi connectivity index (χ1) is 10.3. The first-order valence-corrected chi connectivity index (χ1v) is 8.37. The van der Waals surface area contributed by atoms with E-state index in [2.05, 4.69) is 16.7 Å². The van der Waals surface area contributed by atoms with Gasteiger partial charge in [0.05, 0.1) is 10.4 Å². The fourth-order valence-corrected chi connectivity index (χ4v) is 3.91. The third kappa shape index (κ3) is 3.29. The van der Waals surface area contributed by atoms with Crippen molar-refractivity contribution in [3.05, 3.63) is 21.9 Å². The molecule has 1 aromatic rings. The Labute approximate surface area is 129 Å². The summed E-state index contributed by atoms with van der Waals surface area (Å²) in [5.74, 6) is 5.59. The first-order valence-electron chi connectivity index (χ1n) is 7.49. The molecule has 0 radical (unpaired) electrons. The van der Waals surface area contributed by atoms with Crippen LogP contribution in [0, 0.1) is 11.8 Å². The lowest BCUT2D eigenvalue weighted by atomic mass is 9.99. The van der Waals surface area contributed by atoms with E-state index in [-0.39, 0.29) is 12.5 Å². The lowest BCUT2D eigenvalue weighted by molar-refractivity contribution is 0.0373. The number of piperazine rings is 1. The SMILES string of the molecule is O=C(c1csc(C#CCO)c1)N1CCN2CCCCC2C1. The predicted molar refractivity (Wildman–Crippen MR) is 83.4 cm³/mol. The highest BCUT2D eigenvalue weighted by atomic mass is 32.1. The molecule has 1 amide bonds. The van der Waals surface area contributed by atoms with Crippen molar-refractivity contribution >= 4 is 17.2 Å². The molecule has 5 heteroatoms. The van der Waals surface area contributed by atoms with Crippen molar-refractivity contribution < 1.29 is 9.90 Å².